The SMILES string of the molecule is CCCc1nc(C(C)(C)c2ccc(F)cc2)sc1CN. The second-order valence-electron chi connectivity index (χ2n) is 5.47. The van der Waals surface area contributed by atoms with E-state index in [4.69, 9.17) is 10.7 Å². The summed E-state index contributed by atoms with van der Waals surface area (Å²) in [4.78, 5) is 5.95. The average Bonchev–Trinajstić information content (AvgIpc) is 2.83. The first-order valence-corrected chi connectivity index (χ1v) is 7.75. The van der Waals surface area contributed by atoms with Gasteiger partial charge in [-0.2, -0.15) is 0 Å². The molecule has 108 valence electrons. The van der Waals surface area contributed by atoms with E-state index in [1.165, 1.54) is 12.1 Å². The maximum Gasteiger partial charge on any atom is 0.123 e. The number of hydrogen-bond donors (Lipinski definition) is 1. The smallest absolute Gasteiger partial charge is 0.123 e. The fourth-order valence-corrected chi connectivity index (χ4v) is 3.34. The van der Waals surface area contributed by atoms with Crippen molar-refractivity contribution in [3.63, 3.8) is 0 Å². The number of nitrogens with zero attached hydrogens (tertiary/aromatic N) is 1. The van der Waals surface area contributed by atoms with Crippen molar-refractivity contribution in [1.29, 1.82) is 0 Å². The summed E-state index contributed by atoms with van der Waals surface area (Å²) in [5, 5.41) is 1.05. The number of aryl methyl sites for hydroxylation is 1. The molecule has 2 nitrogen and oxygen atoms in total. The van der Waals surface area contributed by atoms with Crippen molar-refractivity contribution >= 4 is 11.3 Å². The van der Waals surface area contributed by atoms with Crippen LogP contribution in [0.2, 0.25) is 0 Å². The predicted octanol–water partition coefficient (Wildman–Crippen LogP) is 4.02. The highest BCUT2D eigenvalue weighted by Crippen LogP contribution is 2.35. The third kappa shape index (κ3) is 2.91. The van der Waals surface area contributed by atoms with Crippen LogP contribution in [0.3, 0.4) is 0 Å². The summed E-state index contributed by atoms with van der Waals surface area (Å²) in [5.41, 5.74) is 7.77. The van der Waals surface area contributed by atoms with Gasteiger partial charge in [-0.25, -0.2) is 9.37 Å². The van der Waals surface area contributed by atoms with Crippen LogP contribution in [-0.2, 0) is 18.4 Å². The van der Waals surface area contributed by atoms with Crippen molar-refractivity contribution in [2.45, 2.75) is 45.6 Å². The fraction of sp³-hybridized carbons (Fsp3) is 0.438. The van der Waals surface area contributed by atoms with Crippen molar-refractivity contribution < 1.29 is 4.39 Å². The summed E-state index contributed by atoms with van der Waals surface area (Å²) < 4.78 is 13.1. The summed E-state index contributed by atoms with van der Waals surface area (Å²) in [6, 6.07) is 6.67. The molecule has 0 radical (unpaired) electrons. The summed E-state index contributed by atoms with van der Waals surface area (Å²) in [6.45, 7) is 6.92. The molecule has 1 aromatic heterocycles. The quantitative estimate of drug-likeness (QED) is 0.904. The van der Waals surface area contributed by atoms with Gasteiger partial charge in [-0.3, -0.25) is 0 Å². The lowest BCUT2D eigenvalue weighted by molar-refractivity contribution is 0.610. The van der Waals surface area contributed by atoms with Crippen molar-refractivity contribution in [3.05, 3.63) is 51.2 Å². The van der Waals surface area contributed by atoms with Gasteiger partial charge in [0.25, 0.3) is 0 Å². The number of thiazole rings is 1. The largest absolute Gasteiger partial charge is 0.326 e. The maximum absolute atomic E-state index is 13.1. The first kappa shape index (κ1) is 15.1. The van der Waals surface area contributed by atoms with Gasteiger partial charge in [-0.1, -0.05) is 25.5 Å². The highest BCUT2D eigenvalue weighted by atomic mass is 32.1. The van der Waals surface area contributed by atoms with Gasteiger partial charge in [0, 0.05) is 16.8 Å². The van der Waals surface area contributed by atoms with Crippen molar-refractivity contribution in [3.8, 4) is 0 Å². The first-order valence-electron chi connectivity index (χ1n) is 6.94. The van der Waals surface area contributed by atoms with Crippen LogP contribution in [0.1, 0.15) is 48.3 Å². The molecule has 0 fully saturated rings. The lowest BCUT2D eigenvalue weighted by Gasteiger charge is -2.22. The van der Waals surface area contributed by atoms with Crippen LogP contribution in [0.25, 0.3) is 0 Å². The minimum Gasteiger partial charge on any atom is -0.326 e. The van der Waals surface area contributed by atoms with E-state index in [1.54, 1.807) is 11.3 Å². The highest BCUT2D eigenvalue weighted by Gasteiger charge is 2.28. The lowest BCUT2D eigenvalue weighted by Crippen LogP contribution is -2.18. The predicted molar refractivity (Wildman–Crippen MR) is 82.5 cm³/mol. The Labute approximate surface area is 123 Å². The number of halogens is 1. The molecule has 1 aromatic carbocycles. The van der Waals surface area contributed by atoms with Crippen molar-refractivity contribution in [2.24, 2.45) is 5.73 Å². The molecule has 0 atom stereocenters. The second-order valence-corrected chi connectivity index (χ2v) is 6.56. The van der Waals surface area contributed by atoms with E-state index in [0.717, 1.165) is 34.0 Å². The summed E-state index contributed by atoms with van der Waals surface area (Å²) in [6.07, 6.45) is 2.02. The molecule has 20 heavy (non-hydrogen) atoms. The monoisotopic (exact) mass is 292 g/mol. The minimum atomic E-state index is -0.228. The third-order valence-electron chi connectivity index (χ3n) is 3.55. The van der Waals surface area contributed by atoms with E-state index in [0.29, 0.717) is 6.54 Å². The Hall–Kier alpha value is -1.26. The van der Waals surface area contributed by atoms with Gasteiger partial charge in [0.1, 0.15) is 10.8 Å². The van der Waals surface area contributed by atoms with E-state index in [-0.39, 0.29) is 11.2 Å². The molecule has 0 aliphatic carbocycles. The molecule has 0 unspecified atom stereocenters. The van der Waals surface area contributed by atoms with Gasteiger partial charge in [0.2, 0.25) is 0 Å². The van der Waals surface area contributed by atoms with Gasteiger partial charge < -0.3 is 5.73 Å². The molecule has 0 saturated carbocycles. The molecule has 2 aromatic rings. The molecule has 1 heterocycles. The molecule has 0 bridgehead atoms. The van der Waals surface area contributed by atoms with E-state index in [1.807, 2.05) is 12.1 Å². The second kappa shape index (κ2) is 6.02. The zero-order valence-electron chi connectivity index (χ0n) is 12.2. The van der Waals surface area contributed by atoms with Gasteiger partial charge >= 0.3 is 0 Å². The van der Waals surface area contributed by atoms with Crippen LogP contribution in [0.4, 0.5) is 4.39 Å². The summed E-state index contributed by atoms with van der Waals surface area (Å²) >= 11 is 1.68. The van der Waals surface area contributed by atoms with Crippen molar-refractivity contribution in [1.82, 2.24) is 4.98 Å². The Morgan fingerprint density at radius 2 is 1.90 bits per heavy atom. The molecule has 2 rings (SSSR count). The van der Waals surface area contributed by atoms with Crippen LogP contribution in [0.15, 0.2) is 24.3 Å². The Morgan fingerprint density at radius 1 is 1.25 bits per heavy atom. The molecule has 0 aliphatic heterocycles. The number of nitrogens with two attached hydrogens (primary N) is 1. The minimum absolute atomic E-state index is 0.210. The summed E-state index contributed by atoms with van der Waals surface area (Å²) in [5.74, 6) is -0.210. The molecule has 0 saturated heterocycles. The molecule has 0 spiro atoms. The molecule has 2 N–H and O–H groups in total. The van der Waals surface area contributed by atoms with Crippen LogP contribution < -0.4 is 5.73 Å². The van der Waals surface area contributed by atoms with Gasteiger partial charge in [-0.05, 0) is 38.0 Å². The Bertz CT molecular complexity index is 573. The fourth-order valence-electron chi connectivity index (χ4n) is 2.23. The Kier molecular flexibility index (Phi) is 4.55. The van der Waals surface area contributed by atoms with Gasteiger partial charge in [0.05, 0.1) is 5.69 Å². The lowest BCUT2D eigenvalue weighted by atomic mass is 9.85. The van der Waals surface area contributed by atoms with Gasteiger partial charge in [-0.15, -0.1) is 11.3 Å². The summed E-state index contributed by atoms with van der Waals surface area (Å²) in [7, 11) is 0. The maximum atomic E-state index is 13.1. The van der Waals surface area contributed by atoms with Crippen LogP contribution >= 0.6 is 11.3 Å². The standard InChI is InChI=1S/C16H21FN2S/c1-4-5-13-14(10-18)20-15(19-13)16(2,3)11-6-8-12(17)9-7-11/h6-9H,4-5,10,18H2,1-3H3. The van der Waals surface area contributed by atoms with Crippen molar-refractivity contribution in [2.75, 3.05) is 0 Å². The van der Waals surface area contributed by atoms with Gasteiger partial charge in [0.15, 0.2) is 0 Å². The van der Waals surface area contributed by atoms with Crippen LogP contribution in [-0.4, -0.2) is 4.98 Å². The number of aromatic nitrogens is 1. The normalized spacial score (nSPS) is 11.8. The van der Waals surface area contributed by atoms with E-state index in [9.17, 15) is 4.39 Å². The molecular weight excluding hydrogens is 271 g/mol. The molecule has 0 amide bonds. The van der Waals surface area contributed by atoms with E-state index >= 15 is 0 Å². The molecule has 4 heteroatoms. The van der Waals surface area contributed by atoms with E-state index < -0.39 is 0 Å². The van der Waals surface area contributed by atoms with E-state index in [2.05, 4.69) is 20.8 Å². The first-order chi connectivity index (χ1) is 9.48. The number of hydrogen-bond acceptors (Lipinski definition) is 3. The average molecular weight is 292 g/mol. The topological polar surface area (TPSA) is 38.9 Å². The van der Waals surface area contributed by atoms with Crippen LogP contribution in [0, 0.1) is 5.82 Å². The molecular formula is C16H21FN2S. The Balaban J connectivity index is 2.40. The zero-order chi connectivity index (χ0) is 14.8. The molecule has 0 aliphatic rings. The van der Waals surface area contributed by atoms with Crippen LogP contribution in [0.5, 0.6) is 0 Å². The highest BCUT2D eigenvalue weighted by molar-refractivity contribution is 7.12. The zero-order valence-corrected chi connectivity index (χ0v) is 13.1. The number of rotatable bonds is 5. The Morgan fingerprint density at radius 3 is 2.45 bits per heavy atom. The number of benzene rings is 1. The third-order valence-corrected chi connectivity index (χ3v) is 4.99.